The van der Waals surface area contributed by atoms with Gasteiger partial charge in [0.1, 0.15) is 16.3 Å². The maximum Gasteiger partial charge on any atom is 0.265 e. The van der Waals surface area contributed by atoms with E-state index in [1.54, 1.807) is 7.11 Å². The second-order valence-electron chi connectivity index (χ2n) is 4.85. The molecule has 0 unspecified atom stereocenters. The van der Waals surface area contributed by atoms with Crippen LogP contribution in [-0.2, 0) is 6.54 Å². The van der Waals surface area contributed by atoms with Crippen LogP contribution in [0, 0.1) is 0 Å². The molecule has 23 heavy (non-hydrogen) atoms. The Hall–Kier alpha value is -2.73. The molecule has 1 heterocycles. The highest BCUT2D eigenvalue weighted by Gasteiger charge is 2.17. The zero-order chi connectivity index (χ0) is 16.1. The van der Waals surface area contributed by atoms with Gasteiger partial charge in [-0.15, -0.1) is 5.10 Å². The van der Waals surface area contributed by atoms with Crippen molar-refractivity contribution in [3.05, 3.63) is 65.0 Å². The lowest BCUT2D eigenvalue weighted by Gasteiger charge is -2.06. The number of nitrogens with one attached hydrogen (secondary N) is 1. The number of carbonyl (C=O) groups is 1. The minimum Gasteiger partial charge on any atom is -0.497 e. The first-order valence-electron chi connectivity index (χ1n) is 7.07. The summed E-state index contributed by atoms with van der Waals surface area (Å²) >= 11 is 1.10. The third-order valence-corrected chi connectivity index (χ3v) is 4.08. The topological polar surface area (TPSA) is 64.1 Å². The van der Waals surface area contributed by atoms with Crippen LogP contribution in [0.1, 0.15) is 15.2 Å². The summed E-state index contributed by atoms with van der Waals surface area (Å²) in [4.78, 5) is 12.9. The fraction of sp³-hybridized carbons (Fsp3) is 0.118. The summed E-state index contributed by atoms with van der Waals surface area (Å²) in [6, 6.07) is 17.1. The van der Waals surface area contributed by atoms with Crippen molar-refractivity contribution in [1.29, 1.82) is 0 Å². The molecule has 0 aliphatic carbocycles. The summed E-state index contributed by atoms with van der Waals surface area (Å²) in [5, 5.41) is 6.98. The van der Waals surface area contributed by atoms with Crippen molar-refractivity contribution in [3.8, 4) is 17.0 Å². The summed E-state index contributed by atoms with van der Waals surface area (Å²) in [6.07, 6.45) is 0. The number of amides is 1. The molecule has 0 spiro atoms. The van der Waals surface area contributed by atoms with Crippen LogP contribution in [0.25, 0.3) is 11.3 Å². The van der Waals surface area contributed by atoms with Crippen molar-refractivity contribution in [3.63, 3.8) is 0 Å². The zero-order valence-electron chi connectivity index (χ0n) is 12.5. The monoisotopic (exact) mass is 325 g/mol. The number of hydrogen-bond acceptors (Lipinski definition) is 5. The van der Waals surface area contributed by atoms with Crippen molar-refractivity contribution in [2.75, 3.05) is 7.11 Å². The van der Waals surface area contributed by atoms with E-state index in [0.717, 1.165) is 28.4 Å². The maximum absolute atomic E-state index is 12.4. The van der Waals surface area contributed by atoms with Gasteiger partial charge in [0.25, 0.3) is 5.91 Å². The van der Waals surface area contributed by atoms with Crippen LogP contribution in [0.2, 0.25) is 0 Å². The van der Waals surface area contributed by atoms with E-state index in [4.69, 9.17) is 4.74 Å². The van der Waals surface area contributed by atoms with E-state index in [1.165, 1.54) is 0 Å². The largest absolute Gasteiger partial charge is 0.497 e. The first kappa shape index (κ1) is 15.2. The van der Waals surface area contributed by atoms with E-state index < -0.39 is 0 Å². The fourth-order valence-electron chi connectivity index (χ4n) is 2.13. The van der Waals surface area contributed by atoms with E-state index in [-0.39, 0.29) is 5.91 Å². The van der Waals surface area contributed by atoms with E-state index >= 15 is 0 Å². The Morgan fingerprint density at radius 1 is 1.13 bits per heavy atom. The lowest BCUT2D eigenvalue weighted by molar-refractivity contribution is 0.0955. The molecule has 0 radical (unpaired) electrons. The van der Waals surface area contributed by atoms with Crippen LogP contribution in [0.4, 0.5) is 0 Å². The van der Waals surface area contributed by atoms with Gasteiger partial charge < -0.3 is 10.1 Å². The third-order valence-electron chi connectivity index (χ3n) is 3.35. The van der Waals surface area contributed by atoms with E-state index in [0.29, 0.717) is 17.1 Å². The SMILES string of the molecule is COc1ccc(CNC(=O)c2snnc2-c2ccccc2)cc1. The van der Waals surface area contributed by atoms with E-state index in [1.807, 2.05) is 54.6 Å². The van der Waals surface area contributed by atoms with Crippen LogP contribution < -0.4 is 10.1 Å². The van der Waals surface area contributed by atoms with Gasteiger partial charge in [0.15, 0.2) is 0 Å². The van der Waals surface area contributed by atoms with Crippen molar-refractivity contribution in [2.24, 2.45) is 0 Å². The third kappa shape index (κ3) is 3.54. The molecule has 0 fully saturated rings. The number of hydrogen-bond donors (Lipinski definition) is 1. The molecule has 1 N–H and O–H groups in total. The van der Waals surface area contributed by atoms with Crippen LogP contribution >= 0.6 is 11.5 Å². The minimum atomic E-state index is -0.172. The standard InChI is InChI=1S/C17H15N3O2S/c1-22-14-9-7-12(8-10-14)11-18-17(21)16-15(19-20-23-16)13-5-3-2-4-6-13/h2-10H,11H2,1H3,(H,18,21). The van der Waals surface area contributed by atoms with Crippen molar-refractivity contribution in [2.45, 2.75) is 6.54 Å². The van der Waals surface area contributed by atoms with E-state index in [2.05, 4.69) is 14.9 Å². The van der Waals surface area contributed by atoms with Crippen LogP contribution in [0.5, 0.6) is 5.75 Å². The zero-order valence-corrected chi connectivity index (χ0v) is 13.3. The highest BCUT2D eigenvalue weighted by molar-refractivity contribution is 7.08. The molecular weight excluding hydrogens is 310 g/mol. The van der Waals surface area contributed by atoms with Gasteiger partial charge in [-0.2, -0.15) is 0 Å². The number of nitrogens with zero attached hydrogens (tertiary/aromatic N) is 2. The Morgan fingerprint density at radius 3 is 2.57 bits per heavy atom. The molecule has 0 bridgehead atoms. The molecule has 0 saturated carbocycles. The smallest absolute Gasteiger partial charge is 0.265 e. The highest BCUT2D eigenvalue weighted by atomic mass is 32.1. The van der Waals surface area contributed by atoms with E-state index in [9.17, 15) is 4.79 Å². The number of carbonyl (C=O) groups excluding carboxylic acids is 1. The number of aromatic nitrogens is 2. The molecule has 6 heteroatoms. The predicted molar refractivity (Wildman–Crippen MR) is 89.5 cm³/mol. The Morgan fingerprint density at radius 2 is 1.87 bits per heavy atom. The average molecular weight is 325 g/mol. The van der Waals surface area contributed by atoms with Gasteiger partial charge >= 0.3 is 0 Å². The van der Waals surface area contributed by atoms with Crippen LogP contribution in [0.3, 0.4) is 0 Å². The van der Waals surface area contributed by atoms with Gasteiger partial charge in [0, 0.05) is 12.1 Å². The summed E-state index contributed by atoms with van der Waals surface area (Å²) < 4.78 is 9.03. The van der Waals surface area contributed by atoms with Crippen LogP contribution in [-0.4, -0.2) is 22.6 Å². The lowest BCUT2D eigenvalue weighted by Crippen LogP contribution is -2.22. The first-order chi connectivity index (χ1) is 11.3. The van der Waals surface area contributed by atoms with Crippen LogP contribution in [0.15, 0.2) is 54.6 Å². The Balaban J connectivity index is 1.70. The van der Waals surface area contributed by atoms with Gasteiger partial charge in [-0.05, 0) is 29.2 Å². The quantitative estimate of drug-likeness (QED) is 0.783. The van der Waals surface area contributed by atoms with Gasteiger partial charge in [0.2, 0.25) is 0 Å². The fourth-order valence-corrected chi connectivity index (χ4v) is 2.73. The summed E-state index contributed by atoms with van der Waals surface area (Å²) in [6.45, 7) is 0.439. The molecule has 0 aliphatic rings. The summed E-state index contributed by atoms with van der Waals surface area (Å²) in [5.74, 6) is 0.618. The number of ether oxygens (including phenoxy) is 1. The number of benzene rings is 2. The molecule has 5 nitrogen and oxygen atoms in total. The Bertz CT molecular complexity index is 785. The molecule has 3 aromatic rings. The van der Waals surface area contributed by atoms with Crippen molar-refractivity contribution >= 4 is 17.4 Å². The minimum absolute atomic E-state index is 0.172. The second-order valence-corrected chi connectivity index (χ2v) is 5.60. The molecule has 1 amide bonds. The summed E-state index contributed by atoms with van der Waals surface area (Å²) in [5.41, 5.74) is 2.50. The Labute approximate surface area is 138 Å². The Kier molecular flexibility index (Phi) is 4.63. The molecule has 0 atom stereocenters. The molecule has 0 aliphatic heterocycles. The summed E-state index contributed by atoms with van der Waals surface area (Å²) in [7, 11) is 1.62. The average Bonchev–Trinajstić information content (AvgIpc) is 3.11. The number of rotatable bonds is 5. The van der Waals surface area contributed by atoms with Crippen molar-refractivity contribution in [1.82, 2.24) is 14.9 Å². The normalized spacial score (nSPS) is 10.3. The van der Waals surface area contributed by atoms with Gasteiger partial charge in [0.05, 0.1) is 7.11 Å². The first-order valence-corrected chi connectivity index (χ1v) is 7.84. The molecule has 1 aromatic heterocycles. The van der Waals surface area contributed by atoms with Gasteiger partial charge in [-0.25, -0.2) is 0 Å². The van der Waals surface area contributed by atoms with Crippen molar-refractivity contribution < 1.29 is 9.53 Å². The maximum atomic E-state index is 12.4. The molecule has 116 valence electrons. The molecule has 2 aromatic carbocycles. The highest BCUT2D eigenvalue weighted by Crippen LogP contribution is 2.23. The lowest BCUT2D eigenvalue weighted by atomic mass is 10.1. The molecular formula is C17H15N3O2S. The number of methoxy groups -OCH3 is 1. The van der Waals surface area contributed by atoms with Gasteiger partial charge in [-0.1, -0.05) is 47.0 Å². The second kappa shape index (κ2) is 7.02. The van der Waals surface area contributed by atoms with Gasteiger partial charge in [-0.3, -0.25) is 4.79 Å². The molecule has 3 rings (SSSR count). The molecule has 0 saturated heterocycles. The predicted octanol–water partition coefficient (Wildman–Crippen LogP) is 3.14.